The number of nitrogen functional groups attached to an aromatic ring is 1. The van der Waals surface area contributed by atoms with E-state index in [9.17, 15) is 0 Å². The van der Waals surface area contributed by atoms with Crippen LogP contribution in [0.5, 0.6) is 11.5 Å². The first-order valence-electron chi connectivity index (χ1n) is 12.0. The Kier molecular flexibility index (Phi) is 10.2. The number of benzene rings is 1. The van der Waals surface area contributed by atoms with E-state index in [4.69, 9.17) is 27.4 Å². The van der Waals surface area contributed by atoms with Crippen molar-refractivity contribution >= 4 is 28.8 Å². The summed E-state index contributed by atoms with van der Waals surface area (Å²) in [6.07, 6.45) is 9.32. The van der Waals surface area contributed by atoms with E-state index in [2.05, 4.69) is 38.6 Å². The van der Waals surface area contributed by atoms with Crippen LogP contribution in [-0.2, 0) is 13.0 Å². The third kappa shape index (κ3) is 7.85. The summed E-state index contributed by atoms with van der Waals surface area (Å²) in [4.78, 5) is 10.3. The molecule has 0 aliphatic carbocycles. The van der Waals surface area contributed by atoms with Crippen LogP contribution in [-0.4, -0.2) is 46.5 Å². The fourth-order valence-electron chi connectivity index (χ4n) is 3.81. The van der Waals surface area contributed by atoms with Crippen LogP contribution in [0.25, 0.3) is 0 Å². The zero-order valence-corrected chi connectivity index (χ0v) is 21.7. The van der Waals surface area contributed by atoms with E-state index in [-0.39, 0.29) is 0 Å². The second kappa shape index (κ2) is 13.5. The highest BCUT2D eigenvalue weighted by Crippen LogP contribution is 2.32. The van der Waals surface area contributed by atoms with Gasteiger partial charge >= 0.3 is 0 Å². The van der Waals surface area contributed by atoms with Gasteiger partial charge in [-0.15, -0.1) is 0 Å². The monoisotopic (exact) mass is 496 g/mol. The van der Waals surface area contributed by atoms with Crippen LogP contribution in [0.3, 0.4) is 0 Å². The summed E-state index contributed by atoms with van der Waals surface area (Å²) in [7, 11) is 1.66. The number of hydrogen-bond donors (Lipinski definition) is 2. The number of thiocarbonyl (C=S) groups is 1. The van der Waals surface area contributed by atoms with E-state index in [0.29, 0.717) is 23.3 Å². The molecule has 0 saturated carbocycles. The molecular formula is C26H36N6O2S. The number of pyridine rings is 1. The lowest BCUT2D eigenvalue weighted by molar-refractivity contribution is 0.286. The van der Waals surface area contributed by atoms with Gasteiger partial charge in [-0.25, -0.2) is 9.97 Å². The molecule has 0 amide bonds. The fraction of sp³-hybridized carbons (Fsp3) is 0.423. The Hall–Kier alpha value is -3.33. The average Bonchev–Trinajstić information content (AvgIpc) is 3.27. The number of rotatable bonds is 13. The van der Waals surface area contributed by atoms with Crippen molar-refractivity contribution < 1.29 is 9.47 Å². The summed E-state index contributed by atoms with van der Waals surface area (Å²) in [5.74, 6) is 1.99. The molecule has 188 valence electrons. The van der Waals surface area contributed by atoms with Crippen LogP contribution >= 0.6 is 12.2 Å². The van der Waals surface area contributed by atoms with E-state index in [1.807, 2.05) is 42.9 Å². The maximum absolute atomic E-state index is 6.01. The quantitative estimate of drug-likeness (QED) is 0.266. The molecular weight excluding hydrogens is 460 g/mol. The number of nitrogens with one attached hydrogen (secondary N) is 1. The second-order valence-corrected chi connectivity index (χ2v) is 8.67. The predicted octanol–water partition coefficient (Wildman–Crippen LogP) is 4.37. The summed E-state index contributed by atoms with van der Waals surface area (Å²) >= 11 is 5.67. The van der Waals surface area contributed by atoms with Gasteiger partial charge in [-0.3, -0.25) is 0 Å². The van der Waals surface area contributed by atoms with Gasteiger partial charge < -0.3 is 30.0 Å². The molecule has 1 aromatic carbocycles. The highest BCUT2D eigenvalue weighted by molar-refractivity contribution is 7.80. The maximum atomic E-state index is 6.01. The molecule has 0 fully saturated rings. The van der Waals surface area contributed by atoms with Crippen LogP contribution in [0, 0.1) is 6.92 Å². The number of methoxy groups -OCH3 is 1. The molecule has 0 radical (unpaired) electrons. The van der Waals surface area contributed by atoms with Gasteiger partial charge in [-0.2, -0.15) is 0 Å². The summed E-state index contributed by atoms with van der Waals surface area (Å²) in [5.41, 5.74) is 9.07. The van der Waals surface area contributed by atoms with Gasteiger partial charge in [0.2, 0.25) is 0 Å². The Morgan fingerprint density at radius 1 is 1.17 bits per heavy atom. The molecule has 3 rings (SSSR count). The standard InChI is InChI=1S/C26H36N6O2S/c1-4-32(26(35)30-12-7-14-31-19-28-18-20(31)2)22-9-10-23(24(17-22)33-3)34-15-6-5-8-21-11-13-29-25(27)16-21/h9-11,13,16-19H,4-8,12,14-15H2,1-3H3,(H2,27,29)(H,30,35). The van der Waals surface area contributed by atoms with E-state index < -0.39 is 0 Å². The maximum Gasteiger partial charge on any atom is 0.173 e. The molecule has 3 N–H and O–H groups in total. The minimum absolute atomic E-state index is 0.559. The molecule has 35 heavy (non-hydrogen) atoms. The first-order chi connectivity index (χ1) is 17.0. The molecule has 3 aromatic rings. The Bertz CT molecular complexity index is 1090. The number of aryl methyl sites for hydroxylation is 3. The van der Waals surface area contributed by atoms with Crippen molar-refractivity contribution in [3.05, 3.63) is 60.3 Å². The van der Waals surface area contributed by atoms with Crippen molar-refractivity contribution in [3.8, 4) is 11.5 Å². The highest BCUT2D eigenvalue weighted by Gasteiger charge is 2.14. The Morgan fingerprint density at radius 2 is 2.03 bits per heavy atom. The van der Waals surface area contributed by atoms with Gasteiger partial charge in [0.15, 0.2) is 16.6 Å². The SMILES string of the molecule is CCN(C(=S)NCCCn1cncc1C)c1ccc(OCCCCc2ccnc(N)c2)c(OC)c1. The number of nitrogens with zero attached hydrogens (tertiary/aromatic N) is 4. The molecule has 0 unspecified atom stereocenters. The molecule has 0 aliphatic rings. The van der Waals surface area contributed by atoms with Gasteiger partial charge in [-0.05, 0) is 81.6 Å². The molecule has 9 heteroatoms. The third-order valence-electron chi connectivity index (χ3n) is 5.76. The number of imidazole rings is 1. The number of ether oxygens (including phenoxy) is 2. The number of unbranched alkanes of at least 4 members (excludes halogenated alkanes) is 1. The summed E-state index contributed by atoms with van der Waals surface area (Å²) in [6.45, 7) is 7.20. The van der Waals surface area contributed by atoms with Gasteiger partial charge in [0.25, 0.3) is 0 Å². The smallest absolute Gasteiger partial charge is 0.173 e. The van der Waals surface area contributed by atoms with Crippen molar-refractivity contribution in [1.82, 2.24) is 19.9 Å². The van der Waals surface area contributed by atoms with E-state index in [0.717, 1.165) is 62.4 Å². The fourth-order valence-corrected chi connectivity index (χ4v) is 4.15. The lowest BCUT2D eigenvalue weighted by Gasteiger charge is -2.25. The molecule has 0 saturated heterocycles. The Labute approximate surface area is 213 Å². The van der Waals surface area contributed by atoms with Gasteiger partial charge in [0.05, 0.1) is 20.0 Å². The first kappa shape index (κ1) is 26.3. The normalized spacial score (nSPS) is 10.7. The minimum Gasteiger partial charge on any atom is -0.493 e. The molecule has 0 aliphatic heterocycles. The van der Waals surface area contributed by atoms with Crippen LogP contribution in [0.1, 0.15) is 37.4 Å². The molecule has 0 spiro atoms. The lowest BCUT2D eigenvalue weighted by atomic mass is 10.1. The molecule has 2 aromatic heterocycles. The largest absolute Gasteiger partial charge is 0.493 e. The molecule has 2 heterocycles. The third-order valence-corrected chi connectivity index (χ3v) is 6.12. The number of nitrogens with two attached hydrogens (primary N) is 1. The number of aromatic nitrogens is 3. The predicted molar refractivity (Wildman–Crippen MR) is 145 cm³/mol. The van der Waals surface area contributed by atoms with Gasteiger partial charge in [0.1, 0.15) is 5.82 Å². The molecule has 0 bridgehead atoms. The van der Waals surface area contributed by atoms with Crippen LogP contribution in [0.2, 0.25) is 0 Å². The molecule has 0 atom stereocenters. The summed E-state index contributed by atoms with van der Waals surface area (Å²) in [6, 6.07) is 9.86. The average molecular weight is 497 g/mol. The van der Waals surface area contributed by atoms with Gasteiger partial charge in [0, 0.05) is 49.5 Å². The summed E-state index contributed by atoms with van der Waals surface area (Å²) in [5, 5.41) is 4.07. The van der Waals surface area contributed by atoms with Crippen molar-refractivity contribution in [3.63, 3.8) is 0 Å². The van der Waals surface area contributed by atoms with E-state index in [1.54, 1.807) is 13.3 Å². The van der Waals surface area contributed by atoms with E-state index in [1.165, 1.54) is 5.56 Å². The number of anilines is 2. The van der Waals surface area contributed by atoms with Crippen molar-refractivity contribution in [2.24, 2.45) is 0 Å². The highest BCUT2D eigenvalue weighted by atomic mass is 32.1. The van der Waals surface area contributed by atoms with Crippen LogP contribution in [0.15, 0.2) is 49.1 Å². The van der Waals surface area contributed by atoms with Crippen molar-refractivity contribution in [2.75, 3.05) is 37.4 Å². The molecule has 8 nitrogen and oxygen atoms in total. The van der Waals surface area contributed by atoms with Crippen molar-refractivity contribution in [2.45, 2.75) is 46.1 Å². The lowest BCUT2D eigenvalue weighted by Crippen LogP contribution is -2.40. The number of hydrogen-bond acceptors (Lipinski definition) is 6. The second-order valence-electron chi connectivity index (χ2n) is 8.29. The zero-order chi connectivity index (χ0) is 25.0. The van der Waals surface area contributed by atoms with Crippen LogP contribution < -0.4 is 25.4 Å². The van der Waals surface area contributed by atoms with E-state index >= 15 is 0 Å². The summed E-state index contributed by atoms with van der Waals surface area (Å²) < 4.78 is 13.8. The topological polar surface area (TPSA) is 90.5 Å². The Balaban J connectivity index is 1.47. The minimum atomic E-state index is 0.559. The van der Waals surface area contributed by atoms with Crippen LogP contribution in [0.4, 0.5) is 11.5 Å². The van der Waals surface area contributed by atoms with Crippen molar-refractivity contribution in [1.29, 1.82) is 0 Å². The Morgan fingerprint density at radius 3 is 2.74 bits per heavy atom. The zero-order valence-electron chi connectivity index (χ0n) is 20.9. The first-order valence-corrected chi connectivity index (χ1v) is 12.5. The van der Waals surface area contributed by atoms with Gasteiger partial charge in [-0.1, -0.05) is 0 Å².